The second-order valence-corrected chi connectivity index (χ2v) is 6.83. The molecule has 0 spiro atoms. The molecule has 1 saturated heterocycles. The third-order valence-electron chi connectivity index (χ3n) is 4.49. The van der Waals surface area contributed by atoms with E-state index in [0.717, 1.165) is 5.56 Å². The monoisotopic (exact) mass is 400 g/mol. The molecule has 1 fully saturated rings. The van der Waals surface area contributed by atoms with E-state index in [1.807, 2.05) is 12.1 Å². The van der Waals surface area contributed by atoms with Gasteiger partial charge in [-0.15, -0.1) is 0 Å². The molecule has 10 heteroatoms. The van der Waals surface area contributed by atoms with Crippen LogP contribution in [0.4, 0.5) is 0 Å². The molecule has 0 atom stereocenters. The largest absolute Gasteiger partial charge is 0.338 e. The molecule has 0 saturated carbocycles. The van der Waals surface area contributed by atoms with Gasteiger partial charge in [0.05, 0.1) is 6.54 Å². The van der Waals surface area contributed by atoms with Crippen molar-refractivity contribution < 1.29 is 9.32 Å². The molecule has 3 heterocycles. The zero-order valence-corrected chi connectivity index (χ0v) is 15.6. The summed E-state index contributed by atoms with van der Waals surface area (Å²) in [6, 6.07) is 9.97. The Morgan fingerprint density at radius 1 is 1.11 bits per heavy atom. The van der Waals surface area contributed by atoms with Gasteiger partial charge in [0.1, 0.15) is 5.69 Å². The summed E-state index contributed by atoms with van der Waals surface area (Å²) < 4.78 is 5.35. The summed E-state index contributed by atoms with van der Waals surface area (Å²) in [7, 11) is 0. The molecular formula is C18H17ClN6O3. The van der Waals surface area contributed by atoms with Crippen LogP contribution in [0.2, 0.25) is 5.02 Å². The molecule has 1 amide bonds. The van der Waals surface area contributed by atoms with Crippen LogP contribution in [0.3, 0.4) is 0 Å². The van der Waals surface area contributed by atoms with Crippen molar-refractivity contribution in [1.29, 1.82) is 0 Å². The van der Waals surface area contributed by atoms with E-state index in [-0.39, 0.29) is 17.2 Å². The molecule has 0 radical (unpaired) electrons. The number of nitrogens with one attached hydrogen (secondary N) is 1. The Morgan fingerprint density at radius 2 is 1.86 bits per heavy atom. The number of hydrogen-bond donors (Lipinski definition) is 1. The summed E-state index contributed by atoms with van der Waals surface area (Å²) in [4.78, 5) is 31.8. The Balaban J connectivity index is 1.33. The molecule has 28 heavy (non-hydrogen) atoms. The van der Waals surface area contributed by atoms with Crippen molar-refractivity contribution in [1.82, 2.24) is 30.1 Å². The summed E-state index contributed by atoms with van der Waals surface area (Å²) >= 11 is 5.89. The Morgan fingerprint density at radius 3 is 2.54 bits per heavy atom. The first-order valence-electron chi connectivity index (χ1n) is 8.74. The van der Waals surface area contributed by atoms with Crippen molar-refractivity contribution in [2.24, 2.45) is 0 Å². The molecule has 0 unspecified atom stereocenters. The number of aromatic nitrogens is 4. The lowest BCUT2D eigenvalue weighted by atomic mass is 10.2. The number of piperazine rings is 1. The highest BCUT2D eigenvalue weighted by Gasteiger charge is 2.24. The number of halogens is 1. The van der Waals surface area contributed by atoms with Gasteiger partial charge in [0.2, 0.25) is 11.7 Å². The number of aromatic amines is 1. The van der Waals surface area contributed by atoms with Crippen LogP contribution >= 0.6 is 11.6 Å². The third-order valence-corrected chi connectivity index (χ3v) is 4.74. The first kappa shape index (κ1) is 18.3. The number of benzene rings is 1. The summed E-state index contributed by atoms with van der Waals surface area (Å²) in [5.74, 6) is 0.843. The van der Waals surface area contributed by atoms with Crippen molar-refractivity contribution in [2.45, 2.75) is 6.54 Å². The Bertz CT molecular complexity index is 1000. The Kier molecular flexibility index (Phi) is 5.18. The van der Waals surface area contributed by atoms with Crippen molar-refractivity contribution in [3.05, 3.63) is 63.4 Å². The van der Waals surface area contributed by atoms with Crippen LogP contribution in [0.15, 0.2) is 45.7 Å². The van der Waals surface area contributed by atoms with Crippen LogP contribution in [0, 0.1) is 0 Å². The van der Waals surface area contributed by atoms with Crippen molar-refractivity contribution >= 4 is 17.5 Å². The lowest BCUT2D eigenvalue weighted by molar-refractivity contribution is 0.0608. The molecule has 1 aliphatic heterocycles. The fourth-order valence-corrected chi connectivity index (χ4v) is 3.09. The highest BCUT2D eigenvalue weighted by atomic mass is 35.5. The molecule has 1 aliphatic rings. The number of hydrogen-bond acceptors (Lipinski definition) is 7. The van der Waals surface area contributed by atoms with E-state index in [0.29, 0.717) is 49.5 Å². The fraction of sp³-hybridized carbons (Fsp3) is 0.278. The predicted octanol–water partition coefficient (Wildman–Crippen LogP) is 1.43. The molecule has 1 N–H and O–H groups in total. The van der Waals surface area contributed by atoms with Gasteiger partial charge in [0, 0.05) is 42.8 Å². The maximum Gasteiger partial charge on any atom is 0.274 e. The minimum Gasteiger partial charge on any atom is -0.338 e. The molecule has 3 aromatic rings. The van der Waals surface area contributed by atoms with Crippen LogP contribution in [0.25, 0.3) is 11.4 Å². The van der Waals surface area contributed by atoms with Crippen LogP contribution < -0.4 is 5.56 Å². The van der Waals surface area contributed by atoms with Crippen LogP contribution in [0.1, 0.15) is 16.4 Å². The van der Waals surface area contributed by atoms with Gasteiger partial charge in [-0.05, 0) is 30.3 Å². The van der Waals surface area contributed by atoms with Crippen LogP contribution in [-0.4, -0.2) is 62.2 Å². The van der Waals surface area contributed by atoms with E-state index in [1.165, 1.54) is 12.1 Å². The van der Waals surface area contributed by atoms with E-state index in [1.54, 1.807) is 17.0 Å². The fourth-order valence-electron chi connectivity index (χ4n) is 2.96. The first-order chi connectivity index (χ1) is 13.6. The SMILES string of the molecule is O=C(c1ccc(=O)[nH]n1)N1CCN(Cc2nc(-c3ccc(Cl)cc3)no2)CC1. The van der Waals surface area contributed by atoms with Gasteiger partial charge in [0.25, 0.3) is 11.5 Å². The zero-order valence-electron chi connectivity index (χ0n) is 14.8. The summed E-state index contributed by atoms with van der Waals surface area (Å²) in [6.07, 6.45) is 0. The number of amides is 1. The lowest BCUT2D eigenvalue weighted by Gasteiger charge is -2.33. The standard InChI is InChI=1S/C18H17ClN6O3/c19-13-3-1-12(2-4-13)17-20-16(28-23-17)11-24-7-9-25(10-8-24)18(27)14-5-6-15(26)22-21-14/h1-6H,7-11H2,(H,22,26). The predicted molar refractivity (Wildman–Crippen MR) is 101 cm³/mol. The summed E-state index contributed by atoms with van der Waals surface area (Å²) in [5, 5.41) is 10.7. The first-order valence-corrected chi connectivity index (χ1v) is 9.12. The van der Waals surface area contributed by atoms with Gasteiger partial charge < -0.3 is 9.42 Å². The molecule has 4 rings (SSSR count). The smallest absolute Gasteiger partial charge is 0.274 e. The molecule has 2 aromatic heterocycles. The average Bonchev–Trinajstić information content (AvgIpc) is 3.18. The molecule has 144 valence electrons. The Labute approximate surface area is 164 Å². The Hall–Kier alpha value is -3.04. The second kappa shape index (κ2) is 7.91. The quantitative estimate of drug-likeness (QED) is 0.705. The van der Waals surface area contributed by atoms with Gasteiger partial charge in [-0.3, -0.25) is 14.5 Å². The van der Waals surface area contributed by atoms with E-state index in [2.05, 4.69) is 25.2 Å². The number of H-pyrrole nitrogens is 1. The van der Waals surface area contributed by atoms with Crippen molar-refractivity contribution in [2.75, 3.05) is 26.2 Å². The van der Waals surface area contributed by atoms with Gasteiger partial charge >= 0.3 is 0 Å². The molecule has 0 aliphatic carbocycles. The van der Waals surface area contributed by atoms with Crippen LogP contribution in [-0.2, 0) is 6.54 Å². The third kappa shape index (κ3) is 4.10. The van der Waals surface area contributed by atoms with Gasteiger partial charge in [-0.2, -0.15) is 10.1 Å². The molecular weight excluding hydrogens is 384 g/mol. The van der Waals surface area contributed by atoms with Gasteiger partial charge in [-0.25, -0.2) is 5.10 Å². The zero-order chi connectivity index (χ0) is 19.5. The summed E-state index contributed by atoms with van der Waals surface area (Å²) in [5.41, 5.74) is 0.736. The average molecular weight is 401 g/mol. The van der Waals surface area contributed by atoms with Crippen LogP contribution in [0.5, 0.6) is 0 Å². The number of rotatable bonds is 4. The van der Waals surface area contributed by atoms with E-state index in [9.17, 15) is 9.59 Å². The van der Waals surface area contributed by atoms with E-state index in [4.69, 9.17) is 16.1 Å². The minimum absolute atomic E-state index is 0.196. The summed E-state index contributed by atoms with van der Waals surface area (Å²) in [6.45, 7) is 2.97. The van der Waals surface area contributed by atoms with E-state index >= 15 is 0 Å². The molecule has 9 nitrogen and oxygen atoms in total. The topological polar surface area (TPSA) is 108 Å². The lowest BCUT2D eigenvalue weighted by Crippen LogP contribution is -2.48. The van der Waals surface area contributed by atoms with Crippen molar-refractivity contribution in [3.8, 4) is 11.4 Å². The molecule has 0 bridgehead atoms. The minimum atomic E-state index is -0.334. The van der Waals surface area contributed by atoms with Gasteiger partial charge in [-0.1, -0.05) is 16.8 Å². The van der Waals surface area contributed by atoms with Gasteiger partial charge in [0.15, 0.2) is 0 Å². The maximum absolute atomic E-state index is 12.4. The van der Waals surface area contributed by atoms with E-state index < -0.39 is 0 Å². The normalized spacial score (nSPS) is 15.0. The number of carbonyl (C=O) groups excluding carboxylic acids is 1. The number of nitrogens with zero attached hydrogens (tertiary/aromatic N) is 5. The van der Waals surface area contributed by atoms with Crippen molar-refractivity contribution in [3.63, 3.8) is 0 Å². The highest BCUT2D eigenvalue weighted by molar-refractivity contribution is 6.30. The molecule has 1 aromatic carbocycles. The number of carbonyl (C=O) groups is 1. The highest BCUT2D eigenvalue weighted by Crippen LogP contribution is 2.19. The second-order valence-electron chi connectivity index (χ2n) is 6.39. The maximum atomic E-state index is 12.4.